The summed E-state index contributed by atoms with van der Waals surface area (Å²) in [4.78, 5) is 7.34. The van der Waals surface area contributed by atoms with Crippen LogP contribution in [0.15, 0.2) is 23.0 Å². The quantitative estimate of drug-likeness (QED) is 0.747. The van der Waals surface area contributed by atoms with Crippen molar-refractivity contribution in [2.45, 2.75) is 31.9 Å². The predicted octanol–water partition coefficient (Wildman–Crippen LogP) is 3.05. The van der Waals surface area contributed by atoms with Gasteiger partial charge in [0, 0.05) is 17.7 Å². The van der Waals surface area contributed by atoms with E-state index in [2.05, 4.69) is 20.9 Å². The highest BCUT2D eigenvalue weighted by Crippen LogP contribution is 2.44. The fraction of sp³-hybridized carbons (Fsp3) is 0.500. The van der Waals surface area contributed by atoms with Crippen LogP contribution in [0.25, 0.3) is 5.70 Å². The first-order valence-electron chi connectivity index (χ1n) is 7.38. The molecule has 118 valence electrons. The molecule has 1 fully saturated rings. The molecule has 1 aromatic rings. The Morgan fingerprint density at radius 3 is 2.68 bits per heavy atom. The lowest BCUT2D eigenvalue weighted by molar-refractivity contribution is -0.183. The lowest BCUT2D eigenvalue weighted by Crippen LogP contribution is -2.38. The number of alkyl halides is 3. The number of aliphatic imine (C=N–C) groups is 1. The van der Waals surface area contributed by atoms with Gasteiger partial charge in [-0.05, 0) is 31.7 Å². The number of H-pyrrole nitrogens is 1. The molecule has 22 heavy (non-hydrogen) atoms. The average Bonchev–Trinajstić information content (AvgIpc) is 3.12. The summed E-state index contributed by atoms with van der Waals surface area (Å²) >= 11 is 0. The van der Waals surface area contributed by atoms with Crippen LogP contribution in [0.4, 0.5) is 19.0 Å². The van der Waals surface area contributed by atoms with Gasteiger partial charge >= 0.3 is 6.18 Å². The summed E-state index contributed by atoms with van der Waals surface area (Å²) in [5.41, 5.74) is 9.01. The Hall–Kier alpha value is -1.96. The fourth-order valence-corrected chi connectivity index (χ4v) is 3.51. The van der Waals surface area contributed by atoms with Crippen LogP contribution >= 0.6 is 0 Å². The predicted molar refractivity (Wildman–Crippen MR) is 75.5 cm³/mol. The number of nitrogens with one attached hydrogen (secondary N) is 3. The molecule has 8 heteroatoms. The maximum atomic E-state index is 12.8. The minimum Gasteiger partial charge on any atom is -0.346 e. The first-order chi connectivity index (χ1) is 10.5. The second-order valence-corrected chi connectivity index (χ2v) is 5.94. The Morgan fingerprint density at radius 1 is 1.18 bits per heavy atom. The summed E-state index contributed by atoms with van der Waals surface area (Å²) in [6, 6.07) is 1.93. The minimum atomic E-state index is -4.07. The van der Waals surface area contributed by atoms with Gasteiger partial charge in [0.05, 0.1) is 17.3 Å². The highest BCUT2D eigenvalue weighted by molar-refractivity contribution is 5.87. The normalized spacial score (nSPS) is 27.7. The van der Waals surface area contributed by atoms with Crippen molar-refractivity contribution >= 4 is 17.9 Å². The van der Waals surface area contributed by atoms with Gasteiger partial charge in [-0.25, -0.2) is 10.0 Å². The molecule has 0 atom stereocenters. The molecule has 0 saturated heterocycles. The molecule has 0 amide bonds. The van der Waals surface area contributed by atoms with Gasteiger partial charge in [0.25, 0.3) is 0 Å². The highest BCUT2D eigenvalue weighted by Gasteiger charge is 2.43. The largest absolute Gasteiger partial charge is 0.391 e. The second-order valence-electron chi connectivity index (χ2n) is 5.94. The van der Waals surface area contributed by atoms with E-state index in [0.29, 0.717) is 12.8 Å². The first kappa shape index (κ1) is 13.7. The van der Waals surface area contributed by atoms with Crippen molar-refractivity contribution in [2.24, 2.45) is 16.8 Å². The van der Waals surface area contributed by atoms with E-state index < -0.39 is 12.1 Å². The van der Waals surface area contributed by atoms with E-state index in [9.17, 15) is 13.2 Å². The fourth-order valence-electron chi connectivity index (χ4n) is 3.51. The van der Waals surface area contributed by atoms with Crippen LogP contribution in [-0.4, -0.2) is 22.5 Å². The van der Waals surface area contributed by atoms with Gasteiger partial charge in [0.1, 0.15) is 12.2 Å². The summed E-state index contributed by atoms with van der Waals surface area (Å²) in [5.74, 6) is -0.269. The van der Waals surface area contributed by atoms with Gasteiger partial charge in [0.2, 0.25) is 0 Å². The molecule has 1 saturated carbocycles. The van der Waals surface area contributed by atoms with Crippen molar-refractivity contribution in [3.8, 4) is 0 Å². The lowest BCUT2D eigenvalue weighted by Gasteiger charge is -2.30. The molecule has 3 N–H and O–H groups in total. The van der Waals surface area contributed by atoms with Gasteiger partial charge in [-0.3, -0.25) is 0 Å². The molecule has 0 radical (unpaired) electrons. The van der Waals surface area contributed by atoms with Gasteiger partial charge in [-0.2, -0.15) is 13.2 Å². The summed E-state index contributed by atoms with van der Waals surface area (Å²) < 4.78 is 38.4. The number of aromatic nitrogens is 1. The van der Waals surface area contributed by atoms with Gasteiger partial charge in [-0.15, -0.1) is 5.53 Å². The second kappa shape index (κ2) is 4.77. The Balaban J connectivity index is 1.59. The molecule has 0 bridgehead atoms. The number of nitrogens with zero attached hydrogens (tertiary/aromatic N) is 2. The number of hydrazine groups is 2. The molecule has 0 spiro atoms. The molecule has 3 aliphatic rings. The number of halogens is 3. The SMILES string of the molecule is FC(F)(F)C1CCC(C2=C3c4cc[nH]c4N=CN3NN2)CC1. The molecule has 0 aromatic carbocycles. The molecule has 5 nitrogen and oxygen atoms in total. The zero-order valence-corrected chi connectivity index (χ0v) is 11.7. The lowest BCUT2D eigenvalue weighted by atomic mass is 9.79. The Kier molecular flexibility index (Phi) is 2.97. The number of aromatic amines is 1. The maximum absolute atomic E-state index is 12.8. The van der Waals surface area contributed by atoms with Crippen LogP contribution in [-0.2, 0) is 0 Å². The number of hydrogen-bond donors (Lipinski definition) is 3. The zero-order valence-electron chi connectivity index (χ0n) is 11.7. The number of rotatable bonds is 1. The summed E-state index contributed by atoms with van der Waals surface area (Å²) in [6.45, 7) is 0. The average molecular weight is 311 g/mol. The van der Waals surface area contributed by atoms with E-state index in [1.807, 2.05) is 12.3 Å². The van der Waals surface area contributed by atoms with Crippen molar-refractivity contribution in [2.75, 3.05) is 0 Å². The molecule has 2 aliphatic heterocycles. The third kappa shape index (κ3) is 2.09. The van der Waals surface area contributed by atoms with Crippen LogP contribution in [0.3, 0.4) is 0 Å². The van der Waals surface area contributed by atoms with E-state index in [-0.39, 0.29) is 18.8 Å². The summed E-state index contributed by atoms with van der Waals surface area (Å²) in [6.07, 6.45) is 0.887. The monoisotopic (exact) mass is 311 g/mol. The van der Waals surface area contributed by atoms with Crippen molar-refractivity contribution in [3.05, 3.63) is 23.5 Å². The third-order valence-electron chi connectivity index (χ3n) is 4.69. The first-order valence-corrected chi connectivity index (χ1v) is 7.38. The number of fused-ring (bicyclic) bond motifs is 3. The van der Waals surface area contributed by atoms with Gasteiger partial charge in [0.15, 0.2) is 0 Å². The van der Waals surface area contributed by atoms with Crippen molar-refractivity contribution < 1.29 is 13.2 Å². The number of allylic oxidation sites excluding steroid dienone is 1. The molecule has 3 heterocycles. The van der Waals surface area contributed by atoms with Gasteiger partial charge in [-0.1, -0.05) is 0 Å². The van der Waals surface area contributed by atoms with E-state index >= 15 is 0 Å². The standard InChI is InChI=1S/C14H16F3N5/c15-14(16,17)9-3-1-8(2-4-9)11-12-10-5-6-18-13(10)19-7-22(12)21-20-11/h5-9,18,20-21H,1-4H2. The molecule has 4 rings (SSSR count). The maximum Gasteiger partial charge on any atom is 0.391 e. The van der Waals surface area contributed by atoms with E-state index in [0.717, 1.165) is 22.8 Å². The van der Waals surface area contributed by atoms with Crippen LogP contribution in [0.2, 0.25) is 0 Å². The van der Waals surface area contributed by atoms with Crippen LogP contribution in [0.5, 0.6) is 0 Å². The molecule has 1 aromatic heterocycles. The highest BCUT2D eigenvalue weighted by atomic mass is 19.4. The Labute approximate surface area is 125 Å². The Morgan fingerprint density at radius 2 is 1.95 bits per heavy atom. The van der Waals surface area contributed by atoms with Crippen LogP contribution in [0.1, 0.15) is 31.2 Å². The molecular formula is C14H16F3N5. The summed E-state index contributed by atoms with van der Waals surface area (Å²) in [5, 5.41) is 1.78. The minimum absolute atomic E-state index is 0.111. The van der Waals surface area contributed by atoms with Crippen LogP contribution in [0, 0.1) is 11.8 Å². The zero-order chi connectivity index (χ0) is 15.3. The van der Waals surface area contributed by atoms with E-state index in [4.69, 9.17) is 0 Å². The van der Waals surface area contributed by atoms with Crippen LogP contribution < -0.4 is 11.0 Å². The smallest absolute Gasteiger partial charge is 0.346 e. The summed E-state index contributed by atoms with van der Waals surface area (Å²) in [7, 11) is 0. The molecule has 0 unspecified atom stereocenters. The van der Waals surface area contributed by atoms with Gasteiger partial charge < -0.3 is 10.4 Å². The molecular weight excluding hydrogens is 295 g/mol. The third-order valence-corrected chi connectivity index (χ3v) is 4.69. The van der Waals surface area contributed by atoms with E-state index in [1.165, 1.54) is 0 Å². The Bertz CT molecular complexity index is 637. The van der Waals surface area contributed by atoms with E-state index in [1.54, 1.807) is 11.3 Å². The van der Waals surface area contributed by atoms with Crippen molar-refractivity contribution in [3.63, 3.8) is 0 Å². The topological polar surface area (TPSA) is 55.5 Å². The van der Waals surface area contributed by atoms with Crippen molar-refractivity contribution in [1.29, 1.82) is 0 Å². The van der Waals surface area contributed by atoms with Crippen molar-refractivity contribution in [1.82, 2.24) is 21.0 Å². The number of hydrogen-bond acceptors (Lipinski definition) is 4. The molecule has 1 aliphatic carbocycles.